The van der Waals surface area contributed by atoms with Crippen LogP contribution in [0, 0.1) is 13.8 Å². The minimum atomic E-state index is 0.00159. The van der Waals surface area contributed by atoms with Crippen LogP contribution in [0.3, 0.4) is 0 Å². The van der Waals surface area contributed by atoms with Gasteiger partial charge >= 0.3 is 0 Å². The van der Waals surface area contributed by atoms with Gasteiger partial charge in [0.15, 0.2) is 5.82 Å². The van der Waals surface area contributed by atoms with Gasteiger partial charge in [0.1, 0.15) is 5.82 Å². The molecule has 0 saturated heterocycles. The van der Waals surface area contributed by atoms with Crippen LogP contribution in [0.15, 0.2) is 24.3 Å². The molecular formula is C18H25N3. The topological polar surface area (TPSA) is 37.8 Å². The van der Waals surface area contributed by atoms with Gasteiger partial charge in [-0.05, 0) is 38.0 Å². The van der Waals surface area contributed by atoms with Crippen molar-refractivity contribution in [3.05, 3.63) is 41.1 Å². The molecule has 2 rings (SSSR count). The quantitative estimate of drug-likeness (QED) is 0.902. The van der Waals surface area contributed by atoms with Crippen molar-refractivity contribution in [2.24, 2.45) is 0 Å². The lowest BCUT2D eigenvalue weighted by atomic mass is 9.91. The van der Waals surface area contributed by atoms with Gasteiger partial charge in [-0.3, -0.25) is 0 Å². The number of aryl methyl sites for hydroxylation is 2. The average Bonchev–Trinajstić information content (AvgIpc) is 2.41. The third kappa shape index (κ3) is 3.60. The highest BCUT2D eigenvalue weighted by Gasteiger charge is 2.18. The van der Waals surface area contributed by atoms with Crippen molar-refractivity contribution in [1.82, 2.24) is 9.97 Å². The van der Waals surface area contributed by atoms with Crippen LogP contribution in [0.1, 0.15) is 44.5 Å². The van der Waals surface area contributed by atoms with E-state index >= 15 is 0 Å². The molecule has 3 nitrogen and oxygen atoms in total. The van der Waals surface area contributed by atoms with Crippen LogP contribution < -0.4 is 5.32 Å². The van der Waals surface area contributed by atoms with E-state index in [0.29, 0.717) is 0 Å². The molecule has 0 aliphatic rings. The molecule has 0 fully saturated rings. The Morgan fingerprint density at radius 2 is 1.71 bits per heavy atom. The monoisotopic (exact) mass is 283 g/mol. The Morgan fingerprint density at radius 1 is 1.00 bits per heavy atom. The zero-order valence-corrected chi connectivity index (χ0v) is 13.9. The molecule has 1 aromatic carbocycles. The van der Waals surface area contributed by atoms with Gasteiger partial charge in [-0.1, -0.05) is 32.9 Å². The lowest BCUT2D eigenvalue weighted by Gasteiger charge is -2.20. The first-order chi connectivity index (χ1) is 9.81. The van der Waals surface area contributed by atoms with Gasteiger partial charge in [0.25, 0.3) is 0 Å². The number of hydrogen-bond acceptors (Lipinski definition) is 3. The number of nitrogens with zero attached hydrogens (tertiary/aromatic N) is 2. The predicted octanol–water partition coefficient (Wildman–Crippen LogP) is 4.49. The molecule has 0 saturated carbocycles. The summed E-state index contributed by atoms with van der Waals surface area (Å²) in [6.07, 6.45) is 0. The molecule has 0 spiro atoms. The van der Waals surface area contributed by atoms with Crippen LogP contribution in [0.5, 0.6) is 0 Å². The minimum absolute atomic E-state index is 0.00159. The molecule has 3 heteroatoms. The van der Waals surface area contributed by atoms with Crippen LogP contribution >= 0.6 is 0 Å². The second kappa shape index (κ2) is 5.84. The summed E-state index contributed by atoms with van der Waals surface area (Å²) in [6, 6.07) is 8.44. The second-order valence-corrected chi connectivity index (χ2v) is 6.54. The lowest BCUT2D eigenvalue weighted by molar-refractivity contribution is 0.568. The van der Waals surface area contributed by atoms with Gasteiger partial charge in [0, 0.05) is 23.6 Å². The molecule has 112 valence electrons. The largest absolute Gasteiger partial charge is 0.370 e. The van der Waals surface area contributed by atoms with Crippen molar-refractivity contribution in [2.45, 2.75) is 47.0 Å². The van der Waals surface area contributed by atoms with Crippen molar-refractivity contribution in [2.75, 3.05) is 11.9 Å². The molecule has 0 unspecified atom stereocenters. The summed E-state index contributed by atoms with van der Waals surface area (Å²) >= 11 is 0. The summed E-state index contributed by atoms with van der Waals surface area (Å²) in [4.78, 5) is 9.43. The Labute approximate surface area is 127 Å². The smallest absolute Gasteiger partial charge is 0.161 e. The van der Waals surface area contributed by atoms with E-state index in [1.54, 1.807) is 0 Å². The Bertz CT molecular complexity index is 639. The summed E-state index contributed by atoms with van der Waals surface area (Å²) in [5, 5.41) is 3.31. The highest BCUT2D eigenvalue weighted by atomic mass is 15.0. The molecule has 0 bridgehead atoms. The zero-order chi connectivity index (χ0) is 15.6. The number of aromatic nitrogens is 2. The van der Waals surface area contributed by atoms with E-state index in [-0.39, 0.29) is 5.41 Å². The summed E-state index contributed by atoms with van der Waals surface area (Å²) in [6.45, 7) is 13.7. The summed E-state index contributed by atoms with van der Waals surface area (Å²) in [5.74, 6) is 1.69. The Morgan fingerprint density at radius 3 is 2.29 bits per heavy atom. The number of nitrogens with one attached hydrogen (secondary N) is 1. The molecular weight excluding hydrogens is 258 g/mol. The van der Waals surface area contributed by atoms with Crippen LogP contribution in [-0.4, -0.2) is 16.5 Å². The van der Waals surface area contributed by atoms with Crippen LogP contribution in [-0.2, 0) is 5.41 Å². The first kappa shape index (κ1) is 15.5. The number of hydrogen-bond donors (Lipinski definition) is 1. The van der Waals surface area contributed by atoms with E-state index in [4.69, 9.17) is 4.98 Å². The maximum absolute atomic E-state index is 4.78. The average molecular weight is 283 g/mol. The first-order valence-corrected chi connectivity index (χ1v) is 7.52. The standard InChI is InChI=1S/C18H25N3/c1-7-19-16-11-15(18(4,5)6)20-17(21-16)14-9-8-12(2)13(3)10-14/h8-11H,7H2,1-6H3,(H,19,20,21). The Hall–Kier alpha value is -1.90. The summed E-state index contributed by atoms with van der Waals surface area (Å²) < 4.78 is 0. The maximum Gasteiger partial charge on any atom is 0.161 e. The summed E-state index contributed by atoms with van der Waals surface area (Å²) in [7, 11) is 0. The minimum Gasteiger partial charge on any atom is -0.370 e. The lowest BCUT2D eigenvalue weighted by Crippen LogP contribution is -2.16. The Kier molecular flexibility index (Phi) is 4.31. The number of rotatable bonds is 3. The van der Waals surface area contributed by atoms with E-state index in [9.17, 15) is 0 Å². The van der Waals surface area contributed by atoms with Crippen molar-refractivity contribution in [3.8, 4) is 11.4 Å². The van der Waals surface area contributed by atoms with Crippen molar-refractivity contribution >= 4 is 5.82 Å². The molecule has 0 amide bonds. The fourth-order valence-corrected chi connectivity index (χ4v) is 2.11. The van der Waals surface area contributed by atoms with Crippen molar-refractivity contribution in [1.29, 1.82) is 0 Å². The predicted molar refractivity (Wildman–Crippen MR) is 89.8 cm³/mol. The van der Waals surface area contributed by atoms with Gasteiger partial charge in [-0.25, -0.2) is 9.97 Å². The molecule has 0 atom stereocenters. The molecule has 0 aliphatic heterocycles. The third-order valence-corrected chi connectivity index (χ3v) is 3.62. The fraction of sp³-hybridized carbons (Fsp3) is 0.444. The number of benzene rings is 1. The van der Waals surface area contributed by atoms with Gasteiger partial charge in [0.05, 0.1) is 5.69 Å². The fourth-order valence-electron chi connectivity index (χ4n) is 2.11. The number of anilines is 1. The van der Waals surface area contributed by atoms with Crippen molar-refractivity contribution < 1.29 is 0 Å². The SMILES string of the molecule is CCNc1cc(C(C)(C)C)nc(-c2ccc(C)c(C)c2)n1. The summed E-state index contributed by atoms with van der Waals surface area (Å²) in [5.41, 5.74) is 4.69. The van der Waals surface area contributed by atoms with Crippen LogP contribution in [0.2, 0.25) is 0 Å². The Balaban J connectivity index is 2.56. The molecule has 2 aromatic rings. The van der Waals surface area contributed by atoms with Crippen LogP contribution in [0.25, 0.3) is 11.4 Å². The third-order valence-electron chi connectivity index (χ3n) is 3.62. The highest BCUT2D eigenvalue weighted by molar-refractivity contribution is 5.60. The molecule has 1 heterocycles. The zero-order valence-electron chi connectivity index (χ0n) is 13.9. The van der Waals surface area contributed by atoms with Gasteiger partial charge in [-0.2, -0.15) is 0 Å². The van der Waals surface area contributed by atoms with E-state index < -0.39 is 0 Å². The molecule has 1 aromatic heterocycles. The second-order valence-electron chi connectivity index (χ2n) is 6.54. The first-order valence-electron chi connectivity index (χ1n) is 7.52. The van der Waals surface area contributed by atoms with Gasteiger partial charge in [-0.15, -0.1) is 0 Å². The highest BCUT2D eigenvalue weighted by Crippen LogP contribution is 2.26. The van der Waals surface area contributed by atoms with Gasteiger partial charge < -0.3 is 5.32 Å². The van der Waals surface area contributed by atoms with Gasteiger partial charge in [0.2, 0.25) is 0 Å². The van der Waals surface area contributed by atoms with E-state index in [1.165, 1.54) is 11.1 Å². The van der Waals surface area contributed by atoms with Crippen LogP contribution in [0.4, 0.5) is 5.82 Å². The van der Waals surface area contributed by atoms with Crippen molar-refractivity contribution in [3.63, 3.8) is 0 Å². The van der Waals surface area contributed by atoms with E-state index in [1.807, 2.05) is 6.07 Å². The van der Waals surface area contributed by atoms with E-state index in [2.05, 4.69) is 70.0 Å². The maximum atomic E-state index is 4.78. The molecule has 1 N–H and O–H groups in total. The molecule has 0 radical (unpaired) electrons. The normalized spacial score (nSPS) is 11.5. The molecule has 21 heavy (non-hydrogen) atoms. The van der Waals surface area contributed by atoms with E-state index in [0.717, 1.165) is 29.4 Å². The molecule has 0 aliphatic carbocycles.